The lowest BCUT2D eigenvalue weighted by Crippen LogP contribution is -2.29. The van der Waals surface area contributed by atoms with Crippen LogP contribution in [-0.4, -0.2) is 22.7 Å². The average molecular weight is 427 g/mol. The van der Waals surface area contributed by atoms with Crippen LogP contribution in [0.5, 0.6) is 0 Å². The topological polar surface area (TPSA) is 79.4 Å². The van der Waals surface area contributed by atoms with Crippen molar-refractivity contribution in [2.24, 2.45) is 0 Å². The number of benzene rings is 3. The molecule has 0 aliphatic carbocycles. The molecule has 152 valence electrons. The number of aromatic nitrogens is 1. The first-order chi connectivity index (χ1) is 14.9. The number of thiazole rings is 1. The molecule has 3 amide bonds. The molecule has 0 fully saturated rings. The third-order valence-electron chi connectivity index (χ3n) is 5.49. The summed E-state index contributed by atoms with van der Waals surface area (Å²) in [6.45, 7) is 4.04. The Labute approximate surface area is 182 Å². The molecule has 0 saturated carbocycles. The Hall–Kier alpha value is -3.84. The maximum Gasteiger partial charge on any atom is 0.266 e. The molecule has 1 aliphatic heterocycles. The Balaban J connectivity index is 1.37. The van der Waals surface area contributed by atoms with Crippen molar-refractivity contribution in [3.63, 3.8) is 0 Å². The Morgan fingerprint density at radius 3 is 2.19 bits per heavy atom. The van der Waals surface area contributed by atoms with Crippen molar-refractivity contribution in [2.75, 3.05) is 10.2 Å². The van der Waals surface area contributed by atoms with Crippen molar-refractivity contribution >= 4 is 50.1 Å². The number of carbonyl (C=O) groups is 3. The van der Waals surface area contributed by atoms with E-state index in [1.54, 1.807) is 48.5 Å². The molecule has 1 aromatic heterocycles. The van der Waals surface area contributed by atoms with Crippen molar-refractivity contribution in [1.29, 1.82) is 0 Å². The Bertz CT molecular complexity index is 1350. The molecule has 7 heteroatoms. The third kappa shape index (κ3) is 3.10. The van der Waals surface area contributed by atoms with Gasteiger partial charge in [0.2, 0.25) is 0 Å². The number of hydrogen-bond donors (Lipinski definition) is 1. The van der Waals surface area contributed by atoms with E-state index in [9.17, 15) is 14.4 Å². The normalized spacial score (nSPS) is 13.0. The van der Waals surface area contributed by atoms with Crippen molar-refractivity contribution < 1.29 is 14.4 Å². The second-order valence-electron chi connectivity index (χ2n) is 7.37. The highest BCUT2D eigenvalue weighted by atomic mass is 32.1. The molecule has 0 spiro atoms. The van der Waals surface area contributed by atoms with Gasteiger partial charge < -0.3 is 0 Å². The van der Waals surface area contributed by atoms with Gasteiger partial charge >= 0.3 is 0 Å². The minimum atomic E-state index is -0.363. The van der Waals surface area contributed by atoms with E-state index in [4.69, 9.17) is 0 Å². The lowest BCUT2D eigenvalue weighted by atomic mass is 10.1. The molecule has 4 aromatic rings. The number of amides is 3. The van der Waals surface area contributed by atoms with Crippen LogP contribution in [-0.2, 0) is 0 Å². The second-order valence-corrected chi connectivity index (χ2v) is 8.40. The summed E-state index contributed by atoms with van der Waals surface area (Å²) in [6, 6.07) is 17.2. The SMILES string of the molecule is Cc1ccc2sc(NC(=O)c3ccc(N4C(=O)c5ccccc5C4=O)cc3)nc2c1C. The van der Waals surface area contributed by atoms with Crippen LogP contribution in [0.15, 0.2) is 60.7 Å². The summed E-state index contributed by atoms with van der Waals surface area (Å²) in [4.78, 5) is 43.6. The van der Waals surface area contributed by atoms with Crippen molar-refractivity contribution in [1.82, 2.24) is 4.98 Å². The predicted molar refractivity (Wildman–Crippen MR) is 121 cm³/mol. The molecule has 31 heavy (non-hydrogen) atoms. The molecule has 1 N–H and O–H groups in total. The number of hydrogen-bond acceptors (Lipinski definition) is 5. The number of fused-ring (bicyclic) bond motifs is 2. The van der Waals surface area contributed by atoms with Gasteiger partial charge in [0.25, 0.3) is 17.7 Å². The van der Waals surface area contributed by atoms with Crippen LogP contribution in [0.1, 0.15) is 42.2 Å². The van der Waals surface area contributed by atoms with Crippen molar-refractivity contribution in [3.8, 4) is 0 Å². The van der Waals surface area contributed by atoms with Crippen LogP contribution in [0.3, 0.4) is 0 Å². The summed E-state index contributed by atoms with van der Waals surface area (Å²) < 4.78 is 1.01. The van der Waals surface area contributed by atoms with Gasteiger partial charge in [-0.3, -0.25) is 19.7 Å². The fraction of sp³-hybridized carbons (Fsp3) is 0.0833. The Kier molecular flexibility index (Phi) is 4.41. The van der Waals surface area contributed by atoms with Gasteiger partial charge in [-0.25, -0.2) is 9.88 Å². The zero-order valence-corrected chi connectivity index (χ0v) is 17.6. The highest BCUT2D eigenvalue weighted by Gasteiger charge is 2.36. The number of nitrogens with one attached hydrogen (secondary N) is 1. The van der Waals surface area contributed by atoms with Gasteiger partial charge in [-0.2, -0.15) is 0 Å². The maximum absolute atomic E-state index is 12.7. The van der Waals surface area contributed by atoms with E-state index in [0.29, 0.717) is 27.5 Å². The van der Waals surface area contributed by atoms with E-state index in [1.807, 2.05) is 26.0 Å². The number of imide groups is 1. The van der Waals surface area contributed by atoms with E-state index >= 15 is 0 Å². The van der Waals surface area contributed by atoms with E-state index in [1.165, 1.54) is 11.3 Å². The molecule has 0 unspecified atom stereocenters. The van der Waals surface area contributed by atoms with Gasteiger partial charge in [0.15, 0.2) is 5.13 Å². The fourth-order valence-electron chi connectivity index (χ4n) is 3.63. The molecule has 0 saturated heterocycles. The number of carbonyl (C=O) groups excluding carboxylic acids is 3. The zero-order valence-electron chi connectivity index (χ0n) is 16.8. The molecule has 5 rings (SSSR count). The predicted octanol–water partition coefficient (Wildman–Crippen LogP) is 4.97. The highest BCUT2D eigenvalue weighted by Crippen LogP contribution is 2.31. The van der Waals surface area contributed by atoms with E-state index in [2.05, 4.69) is 10.3 Å². The van der Waals surface area contributed by atoms with Crippen LogP contribution < -0.4 is 10.2 Å². The average Bonchev–Trinajstić information content (AvgIpc) is 3.30. The van der Waals surface area contributed by atoms with Crippen molar-refractivity contribution in [2.45, 2.75) is 13.8 Å². The molecule has 1 aliphatic rings. The van der Waals surface area contributed by atoms with Gasteiger partial charge in [-0.05, 0) is 67.4 Å². The van der Waals surface area contributed by atoms with Crippen LogP contribution in [0.4, 0.5) is 10.8 Å². The monoisotopic (exact) mass is 427 g/mol. The van der Waals surface area contributed by atoms with Crippen molar-refractivity contribution in [3.05, 3.63) is 88.5 Å². The Morgan fingerprint density at radius 1 is 0.903 bits per heavy atom. The van der Waals surface area contributed by atoms with Crippen LogP contribution >= 0.6 is 11.3 Å². The number of nitrogens with zero attached hydrogens (tertiary/aromatic N) is 2. The second kappa shape index (κ2) is 7.14. The molecule has 6 nitrogen and oxygen atoms in total. The Morgan fingerprint density at radius 2 is 1.55 bits per heavy atom. The summed E-state index contributed by atoms with van der Waals surface area (Å²) in [5, 5.41) is 3.36. The minimum Gasteiger partial charge on any atom is -0.298 e. The van der Waals surface area contributed by atoms with Gasteiger partial charge in [0.1, 0.15) is 0 Å². The van der Waals surface area contributed by atoms with Gasteiger partial charge in [-0.15, -0.1) is 0 Å². The summed E-state index contributed by atoms with van der Waals surface area (Å²) >= 11 is 1.42. The van der Waals surface area contributed by atoms with Gasteiger partial charge in [0, 0.05) is 5.56 Å². The van der Waals surface area contributed by atoms with E-state index in [-0.39, 0.29) is 17.7 Å². The van der Waals surface area contributed by atoms with Crippen LogP contribution in [0.25, 0.3) is 10.2 Å². The summed E-state index contributed by atoms with van der Waals surface area (Å²) in [5.74, 6) is -1.03. The van der Waals surface area contributed by atoms with Gasteiger partial charge in [-0.1, -0.05) is 29.5 Å². The quantitative estimate of drug-likeness (QED) is 0.469. The fourth-order valence-corrected chi connectivity index (χ4v) is 4.55. The first-order valence-corrected chi connectivity index (χ1v) is 10.5. The molecule has 0 atom stereocenters. The zero-order chi connectivity index (χ0) is 21.7. The lowest BCUT2D eigenvalue weighted by molar-refractivity contribution is 0.0925. The summed E-state index contributed by atoms with van der Waals surface area (Å²) in [7, 11) is 0. The van der Waals surface area contributed by atoms with E-state index < -0.39 is 0 Å². The lowest BCUT2D eigenvalue weighted by Gasteiger charge is -2.14. The molecule has 0 bridgehead atoms. The molecule has 3 aromatic carbocycles. The molecular formula is C24H17N3O3S. The maximum atomic E-state index is 12.7. The third-order valence-corrected chi connectivity index (χ3v) is 6.42. The standard InChI is InChI=1S/C24H17N3O3S/c1-13-7-12-19-20(14(13)2)25-24(31-19)26-21(28)15-8-10-16(11-9-15)27-22(29)17-5-3-4-6-18(17)23(27)30/h3-12H,1-2H3,(H,25,26,28). The minimum absolute atomic E-state index is 0.303. The highest BCUT2D eigenvalue weighted by molar-refractivity contribution is 7.22. The molecule has 2 heterocycles. The van der Waals surface area contributed by atoms with Crippen LogP contribution in [0.2, 0.25) is 0 Å². The summed E-state index contributed by atoms with van der Waals surface area (Å²) in [5.41, 5.74) is 4.74. The first kappa shape index (κ1) is 19.1. The number of anilines is 2. The largest absolute Gasteiger partial charge is 0.298 e. The molecule has 0 radical (unpaired) electrons. The summed E-state index contributed by atoms with van der Waals surface area (Å²) in [6.07, 6.45) is 0. The van der Waals surface area contributed by atoms with Gasteiger partial charge in [0.05, 0.1) is 27.0 Å². The van der Waals surface area contributed by atoms with E-state index in [0.717, 1.165) is 26.2 Å². The smallest absolute Gasteiger partial charge is 0.266 e. The number of aryl methyl sites for hydroxylation is 2. The molecular weight excluding hydrogens is 410 g/mol. The first-order valence-electron chi connectivity index (χ1n) is 9.70. The van der Waals surface area contributed by atoms with Crippen LogP contribution in [0, 0.1) is 13.8 Å². The number of rotatable bonds is 3.